The van der Waals surface area contributed by atoms with Crippen molar-refractivity contribution in [1.82, 2.24) is 19.7 Å². The molecule has 0 radical (unpaired) electrons. The second-order valence-corrected chi connectivity index (χ2v) is 4.09. The van der Waals surface area contributed by atoms with Crippen molar-refractivity contribution in [2.24, 2.45) is 0 Å². The number of Topliss-reactive ketones (excluding diaryl/α,β-unsaturated/α-hetero) is 1. The van der Waals surface area contributed by atoms with Crippen molar-refractivity contribution in [2.75, 3.05) is 0 Å². The van der Waals surface area contributed by atoms with Gasteiger partial charge in [-0.2, -0.15) is 5.10 Å². The fourth-order valence-electron chi connectivity index (χ4n) is 1.77. The minimum Gasteiger partial charge on any atom is -0.291 e. The molecule has 2 heterocycles. The highest BCUT2D eigenvalue weighted by molar-refractivity contribution is 5.92. The van der Waals surface area contributed by atoms with E-state index in [4.69, 9.17) is 0 Å². The Balaban J connectivity index is 1.97. The van der Waals surface area contributed by atoms with Crippen LogP contribution in [0.1, 0.15) is 35.9 Å². The molecular formula is C13H16N4O. The van der Waals surface area contributed by atoms with Gasteiger partial charge in [0.05, 0.1) is 0 Å². The van der Waals surface area contributed by atoms with Crippen LogP contribution in [0.15, 0.2) is 30.9 Å². The van der Waals surface area contributed by atoms with Crippen molar-refractivity contribution in [3.63, 3.8) is 0 Å². The van der Waals surface area contributed by atoms with Crippen LogP contribution in [-0.4, -0.2) is 25.5 Å². The van der Waals surface area contributed by atoms with Gasteiger partial charge in [-0.3, -0.25) is 9.78 Å². The van der Waals surface area contributed by atoms with Gasteiger partial charge in [-0.1, -0.05) is 6.92 Å². The minimum atomic E-state index is 0.0396. The van der Waals surface area contributed by atoms with Crippen LogP contribution in [0.2, 0.25) is 0 Å². The summed E-state index contributed by atoms with van der Waals surface area (Å²) in [5, 5.41) is 4.06. The van der Waals surface area contributed by atoms with E-state index in [1.807, 2.05) is 19.1 Å². The number of hydrogen-bond acceptors (Lipinski definition) is 4. The minimum absolute atomic E-state index is 0.0396. The summed E-state index contributed by atoms with van der Waals surface area (Å²) in [4.78, 5) is 20.0. The van der Waals surface area contributed by atoms with Gasteiger partial charge < -0.3 is 0 Å². The molecule has 2 aromatic rings. The Labute approximate surface area is 106 Å². The fourth-order valence-corrected chi connectivity index (χ4v) is 1.77. The molecule has 0 amide bonds. The summed E-state index contributed by atoms with van der Waals surface area (Å²) >= 11 is 0. The molecule has 0 saturated heterocycles. The smallest absolute Gasteiger partial charge is 0.200 e. The number of pyridine rings is 1. The van der Waals surface area contributed by atoms with E-state index in [9.17, 15) is 4.79 Å². The Morgan fingerprint density at radius 2 is 2.11 bits per heavy atom. The van der Waals surface area contributed by atoms with Gasteiger partial charge >= 0.3 is 0 Å². The molecule has 0 spiro atoms. The number of rotatable bonds is 6. The van der Waals surface area contributed by atoms with E-state index in [1.165, 1.54) is 6.33 Å². The highest BCUT2D eigenvalue weighted by Gasteiger charge is 2.13. The first-order valence-corrected chi connectivity index (χ1v) is 6.11. The van der Waals surface area contributed by atoms with Crippen molar-refractivity contribution in [2.45, 2.75) is 32.7 Å². The molecule has 0 atom stereocenters. The molecular weight excluding hydrogens is 228 g/mol. The summed E-state index contributed by atoms with van der Waals surface area (Å²) in [6.45, 7) is 2.78. The third-order valence-electron chi connectivity index (χ3n) is 2.69. The van der Waals surface area contributed by atoms with Crippen LogP contribution in [0.4, 0.5) is 0 Å². The van der Waals surface area contributed by atoms with Crippen molar-refractivity contribution in [1.29, 1.82) is 0 Å². The first-order valence-electron chi connectivity index (χ1n) is 6.11. The summed E-state index contributed by atoms with van der Waals surface area (Å²) in [6, 6.07) is 3.84. The topological polar surface area (TPSA) is 60.7 Å². The van der Waals surface area contributed by atoms with Gasteiger partial charge in [0, 0.05) is 25.4 Å². The van der Waals surface area contributed by atoms with Crippen LogP contribution in [0.3, 0.4) is 0 Å². The molecule has 2 rings (SSSR count). The molecule has 5 heteroatoms. The van der Waals surface area contributed by atoms with Crippen molar-refractivity contribution in [3.8, 4) is 0 Å². The number of aromatic nitrogens is 4. The predicted molar refractivity (Wildman–Crippen MR) is 67.2 cm³/mol. The lowest BCUT2D eigenvalue weighted by atomic mass is 10.1. The highest BCUT2D eigenvalue weighted by atomic mass is 16.1. The zero-order chi connectivity index (χ0) is 12.8. The predicted octanol–water partition coefficient (Wildman–Crippen LogP) is 1.90. The Bertz CT molecular complexity index is 507. The molecule has 0 aliphatic rings. The first-order chi connectivity index (χ1) is 8.81. The Kier molecular flexibility index (Phi) is 4.17. The summed E-state index contributed by atoms with van der Waals surface area (Å²) in [6.07, 6.45) is 7.01. The lowest BCUT2D eigenvalue weighted by Crippen LogP contribution is -2.12. The van der Waals surface area contributed by atoms with Crippen LogP contribution in [0.5, 0.6) is 0 Å². The molecule has 0 aliphatic carbocycles. The van der Waals surface area contributed by atoms with E-state index in [0.29, 0.717) is 18.7 Å². The summed E-state index contributed by atoms with van der Waals surface area (Å²) in [7, 11) is 0. The monoisotopic (exact) mass is 244 g/mol. The standard InChI is InChI=1S/C13H16N4O/c1-2-9-17-13(15-10-16-17)12(18)4-3-11-5-7-14-8-6-11/h5-8,10H,2-4,9H2,1H3. The van der Waals surface area contributed by atoms with Gasteiger partial charge in [0.1, 0.15) is 6.33 Å². The molecule has 0 fully saturated rings. The fraction of sp³-hybridized carbons (Fsp3) is 0.385. The molecule has 0 unspecified atom stereocenters. The molecule has 0 saturated carbocycles. The normalized spacial score (nSPS) is 10.5. The van der Waals surface area contributed by atoms with Gasteiger partial charge in [0.15, 0.2) is 11.6 Å². The number of ketones is 1. The van der Waals surface area contributed by atoms with E-state index in [0.717, 1.165) is 18.5 Å². The van der Waals surface area contributed by atoms with Gasteiger partial charge in [-0.25, -0.2) is 9.67 Å². The Hall–Kier alpha value is -2.04. The maximum atomic E-state index is 12.0. The zero-order valence-corrected chi connectivity index (χ0v) is 10.4. The van der Waals surface area contributed by atoms with Crippen LogP contribution >= 0.6 is 0 Å². The quantitative estimate of drug-likeness (QED) is 0.728. The van der Waals surface area contributed by atoms with E-state index in [2.05, 4.69) is 15.1 Å². The SMILES string of the molecule is CCCn1ncnc1C(=O)CCc1ccncc1. The van der Waals surface area contributed by atoms with Crippen molar-refractivity contribution in [3.05, 3.63) is 42.2 Å². The largest absolute Gasteiger partial charge is 0.291 e. The average Bonchev–Trinajstić information content (AvgIpc) is 2.86. The first kappa shape index (κ1) is 12.4. The molecule has 0 aliphatic heterocycles. The van der Waals surface area contributed by atoms with Gasteiger partial charge in [-0.05, 0) is 30.5 Å². The molecule has 0 N–H and O–H groups in total. The second-order valence-electron chi connectivity index (χ2n) is 4.09. The number of nitrogens with zero attached hydrogens (tertiary/aromatic N) is 4. The number of aryl methyl sites for hydroxylation is 2. The molecule has 0 bridgehead atoms. The lowest BCUT2D eigenvalue weighted by Gasteiger charge is -2.03. The van der Waals surface area contributed by atoms with Gasteiger partial charge in [0.25, 0.3) is 0 Å². The van der Waals surface area contributed by atoms with Crippen molar-refractivity contribution < 1.29 is 4.79 Å². The van der Waals surface area contributed by atoms with E-state index in [-0.39, 0.29) is 5.78 Å². The van der Waals surface area contributed by atoms with Gasteiger partial charge in [-0.15, -0.1) is 0 Å². The Morgan fingerprint density at radius 1 is 1.33 bits per heavy atom. The third kappa shape index (κ3) is 3.00. The number of carbonyl (C=O) groups excluding carboxylic acids is 1. The van der Waals surface area contributed by atoms with E-state index in [1.54, 1.807) is 17.1 Å². The lowest BCUT2D eigenvalue weighted by molar-refractivity contribution is 0.0967. The van der Waals surface area contributed by atoms with Crippen LogP contribution in [0.25, 0.3) is 0 Å². The van der Waals surface area contributed by atoms with E-state index < -0.39 is 0 Å². The summed E-state index contributed by atoms with van der Waals surface area (Å²) in [5.74, 6) is 0.503. The van der Waals surface area contributed by atoms with Crippen LogP contribution in [-0.2, 0) is 13.0 Å². The summed E-state index contributed by atoms with van der Waals surface area (Å²) < 4.78 is 1.68. The van der Waals surface area contributed by atoms with Gasteiger partial charge in [0.2, 0.25) is 0 Å². The van der Waals surface area contributed by atoms with Crippen molar-refractivity contribution >= 4 is 5.78 Å². The maximum Gasteiger partial charge on any atom is 0.200 e. The molecule has 2 aromatic heterocycles. The summed E-state index contributed by atoms with van der Waals surface area (Å²) in [5.41, 5.74) is 1.11. The van der Waals surface area contributed by atoms with E-state index >= 15 is 0 Å². The maximum absolute atomic E-state index is 12.0. The van der Waals surface area contributed by atoms with Crippen LogP contribution in [0, 0.1) is 0 Å². The molecule has 5 nitrogen and oxygen atoms in total. The number of carbonyl (C=O) groups is 1. The number of hydrogen-bond donors (Lipinski definition) is 0. The molecule has 0 aromatic carbocycles. The molecule has 18 heavy (non-hydrogen) atoms. The third-order valence-corrected chi connectivity index (χ3v) is 2.69. The average molecular weight is 244 g/mol. The zero-order valence-electron chi connectivity index (χ0n) is 10.4. The second kappa shape index (κ2) is 6.05. The van der Waals surface area contributed by atoms with Crippen LogP contribution < -0.4 is 0 Å². The highest BCUT2D eigenvalue weighted by Crippen LogP contribution is 2.06. The Morgan fingerprint density at radius 3 is 2.83 bits per heavy atom. The molecule has 94 valence electrons.